The second kappa shape index (κ2) is 11.9. The molecule has 1 saturated heterocycles. The molecule has 182 valence electrons. The van der Waals surface area contributed by atoms with Crippen molar-refractivity contribution in [2.24, 2.45) is 0 Å². The van der Waals surface area contributed by atoms with Gasteiger partial charge in [0.25, 0.3) is 5.91 Å². The van der Waals surface area contributed by atoms with E-state index in [-0.39, 0.29) is 12.1 Å². The van der Waals surface area contributed by atoms with Gasteiger partial charge < -0.3 is 14.8 Å². The lowest BCUT2D eigenvalue weighted by molar-refractivity contribution is -0.0248. The van der Waals surface area contributed by atoms with Gasteiger partial charge in [-0.25, -0.2) is 4.79 Å². The third-order valence-corrected chi connectivity index (χ3v) is 6.39. The first kappa shape index (κ1) is 24.8. The fraction of sp³-hybridized carbons (Fsp3) is 0.286. The quantitative estimate of drug-likeness (QED) is 0.409. The summed E-state index contributed by atoms with van der Waals surface area (Å²) >= 11 is 5.95. The average molecular weight is 493 g/mol. The van der Waals surface area contributed by atoms with E-state index >= 15 is 0 Å². The predicted octanol–water partition coefficient (Wildman–Crippen LogP) is 5.68. The number of hydrogen-bond donors (Lipinski definition) is 1. The predicted molar refractivity (Wildman–Crippen MR) is 136 cm³/mol. The molecule has 1 fully saturated rings. The number of benzene rings is 3. The number of hydrogen-bond acceptors (Lipinski definition) is 5. The average Bonchev–Trinajstić information content (AvgIpc) is 3.31. The molecule has 6 nitrogen and oxygen atoms in total. The molecule has 1 aliphatic rings. The van der Waals surface area contributed by atoms with Crippen molar-refractivity contribution in [3.05, 3.63) is 94.5 Å². The van der Waals surface area contributed by atoms with Crippen molar-refractivity contribution in [1.29, 1.82) is 0 Å². The van der Waals surface area contributed by atoms with E-state index in [1.54, 1.807) is 0 Å². The monoisotopic (exact) mass is 492 g/mol. The number of rotatable bonds is 8. The van der Waals surface area contributed by atoms with Gasteiger partial charge in [0.2, 0.25) is 0 Å². The molecule has 3 aromatic rings. The molecule has 1 heterocycles. The fourth-order valence-corrected chi connectivity index (χ4v) is 4.32. The Morgan fingerprint density at radius 2 is 1.57 bits per heavy atom. The third-order valence-electron chi connectivity index (χ3n) is 6.14. The van der Waals surface area contributed by atoms with Crippen LogP contribution in [0.3, 0.4) is 0 Å². The SMILES string of the molecule is COC(=O)O[C@H]1CCCN1Cc1ccc(CCNC(=O)c2ccc(-c3ccc(Cl)cc3)cc2)cc1. The first-order valence-corrected chi connectivity index (χ1v) is 12.1. The number of amides is 1. The minimum atomic E-state index is -0.642. The topological polar surface area (TPSA) is 67.9 Å². The molecule has 0 saturated carbocycles. The van der Waals surface area contributed by atoms with Crippen molar-refractivity contribution >= 4 is 23.7 Å². The van der Waals surface area contributed by atoms with E-state index in [2.05, 4.69) is 39.2 Å². The first-order valence-electron chi connectivity index (χ1n) is 11.7. The highest BCUT2D eigenvalue weighted by Gasteiger charge is 2.28. The minimum absolute atomic E-state index is 0.0880. The number of carbonyl (C=O) groups is 2. The third kappa shape index (κ3) is 6.84. The van der Waals surface area contributed by atoms with E-state index in [0.29, 0.717) is 23.7 Å². The van der Waals surface area contributed by atoms with Crippen LogP contribution in [0, 0.1) is 0 Å². The number of nitrogens with one attached hydrogen (secondary N) is 1. The molecule has 0 bridgehead atoms. The molecule has 0 spiro atoms. The number of methoxy groups -OCH3 is 1. The molecule has 4 rings (SSSR count). The number of carbonyl (C=O) groups excluding carboxylic acids is 2. The zero-order chi connectivity index (χ0) is 24.6. The molecule has 0 aromatic heterocycles. The summed E-state index contributed by atoms with van der Waals surface area (Å²) in [6, 6.07) is 23.5. The Hall–Kier alpha value is -3.35. The highest BCUT2D eigenvalue weighted by atomic mass is 35.5. The summed E-state index contributed by atoms with van der Waals surface area (Å²) in [7, 11) is 1.32. The van der Waals surface area contributed by atoms with Crippen molar-refractivity contribution in [2.45, 2.75) is 32.0 Å². The molecule has 1 atom stereocenters. The van der Waals surface area contributed by atoms with Gasteiger partial charge in [-0.2, -0.15) is 0 Å². The number of likely N-dealkylation sites (tertiary alicyclic amines) is 1. The normalized spacial score (nSPS) is 15.5. The molecule has 0 unspecified atom stereocenters. The summed E-state index contributed by atoms with van der Waals surface area (Å²) in [6.45, 7) is 2.15. The second-order valence-corrected chi connectivity index (χ2v) is 8.98. The minimum Gasteiger partial charge on any atom is -0.438 e. The van der Waals surface area contributed by atoms with Crippen LogP contribution in [0.1, 0.15) is 34.3 Å². The van der Waals surface area contributed by atoms with Crippen LogP contribution in [0.25, 0.3) is 11.1 Å². The fourth-order valence-electron chi connectivity index (χ4n) is 4.19. The van der Waals surface area contributed by atoms with Crippen LogP contribution in [-0.4, -0.2) is 43.4 Å². The van der Waals surface area contributed by atoms with Crippen molar-refractivity contribution in [1.82, 2.24) is 10.2 Å². The van der Waals surface area contributed by atoms with E-state index in [4.69, 9.17) is 16.3 Å². The maximum Gasteiger partial charge on any atom is 0.509 e. The van der Waals surface area contributed by atoms with Crippen LogP contribution in [0.4, 0.5) is 4.79 Å². The van der Waals surface area contributed by atoms with E-state index in [1.165, 1.54) is 7.11 Å². The van der Waals surface area contributed by atoms with E-state index in [0.717, 1.165) is 48.1 Å². The zero-order valence-corrected chi connectivity index (χ0v) is 20.5. The molecule has 0 radical (unpaired) electrons. The van der Waals surface area contributed by atoms with E-state index in [9.17, 15) is 9.59 Å². The molecule has 1 aliphatic heterocycles. The summed E-state index contributed by atoms with van der Waals surface area (Å²) in [5, 5.41) is 3.69. The Morgan fingerprint density at radius 1 is 0.943 bits per heavy atom. The lowest BCUT2D eigenvalue weighted by Gasteiger charge is -2.23. The Balaban J connectivity index is 1.24. The van der Waals surface area contributed by atoms with Gasteiger partial charge in [-0.05, 0) is 65.8 Å². The Kier molecular flexibility index (Phi) is 8.40. The largest absolute Gasteiger partial charge is 0.509 e. The lowest BCUT2D eigenvalue weighted by Crippen LogP contribution is -2.33. The van der Waals surface area contributed by atoms with Gasteiger partial charge in [0.1, 0.15) is 0 Å². The number of nitrogens with zero attached hydrogens (tertiary/aromatic N) is 1. The van der Waals surface area contributed by atoms with Crippen LogP contribution >= 0.6 is 11.6 Å². The van der Waals surface area contributed by atoms with Gasteiger partial charge in [0, 0.05) is 30.2 Å². The Bertz CT molecular complexity index is 1130. The van der Waals surface area contributed by atoms with Gasteiger partial charge in [-0.1, -0.05) is 60.1 Å². The highest BCUT2D eigenvalue weighted by Crippen LogP contribution is 2.23. The van der Waals surface area contributed by atoms with Crippen LogP contribution in [0.15, 0.2) is 72.8 Å². The molecule has 0 aliphatic carbocycles. The van der Waals surface area contributed by atoms with Crippen LogP contribution in [0.2, 0.25) is 5.02 Å². The maximum absolute atomic E-state index is 12.5. The summed E-state index contributed by atoms with van der Waals surface area (Å²) in [5.41, 5.74) is 5.03. The summed E-state index contributed by atoms with van der Waals surface area (Å²) in [6.07, 6.45) is 1.67. The summed E-state index contributed by atoms with van der Waals surface area (Å²) < 4.78 is 9.95. The van der Waals surface area contributed by atoms with E-state index in [1.807, 2.05) is 48.5 Å². The molecule has 3 aromatic carbocycles. The maximum atomic E-state index is 12.5. The molecule has 1 N–H and O–H groups in total. The molecular formula is C28H29ClN2O4. The van der Waals surface area contributed by atoms with Gasteiger partial charge in [0.15, 0.2) is 6.23 Å². The molecule has 1 amide bonds. The van der Waals surface area contributed by atoms with Crippen molar-refractivity contribution in [3.63, 3.8) is 0 Å². The van der Waals surface area contributed by atoms with Crippen LogP contribution in [0.5, 0.6) is 0 Å². The first-order chi connectivity index (χ1) is 17.0. The summed E-state index contributed by atoms with van der Waals surface area (Å²) in [5.74, 6) is -0.0880. The van der Waals surface area contributed by atoms with Gasteiger partial charge in [0.05, 0.1) is 7.11 Å². The van der Waals surface area contributed by atoms with Crippen LogP contribution in [-0.2, 0) is 22.4 Å². The second-order valence-electron chi connectivity index (χ2n) is 8.55. The highest BCUT2D eigenvalue weighted by molar-refractivity contribution is 6.30. The summed E-state index contributed by atoms with van der Waals surface area (Å²) in [4.78, 5) is 26.1. The van der Waals surface area contributed by atoms with Crippen LogP contribution < -0.4 is 5.32 Å². The zero-order valence-electron chi connectivity index (χ0n) is 19.7. The molecule has 7 heteroatoms. The molecule has 35 heavy (non-hydrogen) atoms. The molecular weight excluding hydrogens is 464 g/mol. The van der Waals surface area contributed by atoms with Crippen molar-refractivity contribution in [2.75, 3.05) is 20.2 Å². The standard InChI is InChI=1S/C28H29ClN2O4/c1-34-28(33)35-26-3-2-18-31(26)19-21-6-4-20(5-7-21)16-17-30-27(32)24-10-8-22(9-11-24)23-12-14-25(29)15-13-23/h4-15,26H,2-3,16-19H2,1H3,(H,30,32)/t26-/m0/s1. The smallest absolute Gasteiger partial charge is 0.438 e. The van der Waals surface area contributed by atoms with Gasteiger partial charge >= 0.3 is 6.16 Å². The van der Waals surface area contributed by atoms with Crippen molar-refractivity contribution < 1.29 is 19.1 Å². The number of halogens is 1. The Morgan fingerprint density at radius 3 is 2.23 bits per heavy atom. The van der Waals surface area contributed by atoms with Gasteiger partial charge in [-0.3, -0.25) is 9.69 Å². The number of ether oxygens (including phenoxy) is 2. The lowest BCUT2D eigenvalue weighted by atomic mass is 10.0. The van der Waals surface area contributed by atoms with Gasteiger partial charge in [-0.15, -0.1) is 0 Å². The van der Waals surface area contributed by atoms with E-state index < -0.39 is 6.16 Å². The Labute approximate surface area is 210 Å². The van der Waals surface area contributed by atoms with Crippen molar-refractivity contribution in [3.8, 4) is 11.1 Å².